The van der Waals surface area contributed by atoms with Gasteiger partial charge in [-0.25, -0.2) is 13.1 Å². The molecule has 0 saturated heterocycles. The number of halogens is 1. The number of benzene rings is 2. The number of nitro benzene ring substituents is 1. The second kappa shape index (κ2) is 10.0. The van der Waals surface area contributed by atoms with Gasteiger partial charge in [-0.3, -0.25) is 14.9 Å². The molecule has 0 aliphatic heterocycles. The fourth-order valence-electron chi connectivity index (χ4n) is 3.25. The van der Waals surface area contributed by atoms with Crippen molar-refractivity contribution in [1.29, 1.82) is 0 Å². The molecule has 0 atom stereocenters. The Balaban J connectivity index is 1.67. The van der Waals surface area contributed by atoms with Gasteiger partial charge in [0.15, 0.2) is 9.84 Å². The van der Waals surface area contributed by atoms with Crippen molar-refractivity contribution in [2.45, 2.75) is 18.2 Å². The molecule has 1 aromatic heterocycles. The molecule has 3 rings (SSSR count). The van der Waals surface area contributed by atoms with Crippen LogP contribution in [-0.4, -0.2) is 48.4 Å². The lowest BCUT2D eigenvalue weighted by atomic mass is 10.2. The van der Waals surface area contributed by atoms with Crippen molar-refractivity contribution in [2.24, 2.45) is 0 Å². The summed E-state index contributed by atoms with van der Waals surface area (Å²) < 4.78 is 25.0. The zero-order chi connectivity index (χ0) is 24.2. The molecule has 0 radical (unpaired) electrons. The van der Waals surface area contributed by atoms with Crippen molar-refractivity contribution in [3.63, 3.8) is 0 Å². The molecule has 2 aromatic carbocycles. The molecule has 0 aliphatic carbocycles. The molecule has 2 N–H and O–H groups in total. The van der Waals surface area contributed by atoms with Gasteiger partial charge < -0.3 is 10.6 Å². The van der Waals surface area contributed by atoms with Gasteiger partial charge in [-0.05, 0) is 36.8 Å². The van der Waals surface area contributed by atoms with Gasteiger partial charge in [0.05, 0.1) is 33.0 Å². The third-order valence-electron chi connectivity index (χ3n) is 4.82. The molecular formula is C21H22ClN5O5S. The minimum Gasteiger partial charge on any atom is -0.378 e. The average Bonchev–Trinajstić information content (AvgIpc) is 3.20. The number of amides is 1. The van der Waals surface area contributed by atoms with Gasteiger partial charge in [0.2, 0.25) is 0 Å². The minimum absolute atomic E-state index is 0.142. The monoisotopic (exact) mass is 491 g/mol. The van der Waals surface area contributed by atoms with Crippen LogP contribution in [0.2, 0.25) is 5.02 Å². The van der Waals surface area contributed by atoms with Crippen molar-refractivity contribution >= 4 is 38.7 Å². The maximum Gasteiger partial charge on any atom is 0.293 e. The quantitative estimate of drug-likeness (QED) is 0.266. The average molecular weight is 492 g/mol. The first kappa shape index (κ1) is 24.2. The molecule has 1 heterocycles. The number of aromatic nitrogens is 2. The van der Waals surface area contributed by atoms with Gasteiger partial charge in [0, 0.05) is 30.4 Å². The summed E-state index contributed by atoms with van der Waals surface area (Å²) in [5.74, 6) is -0.330. The van der Waals surface area contributed by atoms with Crippen LogP contribution < -0.4 is 10.6 Å². The molecule has 0 unspecified atom stereocenters. The lowest BCUT2D eigenvalue weighted by Gasteiger charge is -2.10. The second-order valence-electron chi connectivity index (χ2n) is 7.14. The number of nitrogens with one attached hydrogen (secondary N) is 2. The number of sulfone groups is 1. The van der Waals surface area contributed by atoms with E-state index in [9.17, 15) is 23.3 Å². The van der Waals surface area contributed by atoms with E-state index in [2.05, 4.69) is 15.7 Å². The van der Waals surface area contributed by atoms with E-state index in [-0.39, 0.29) is 35.3 Å². The molecule has 0 aliphatic rings. The Morgan fingerprint density at radius 1 is 1.21 bits per heavy atom. The summed E-state index contributed by atoms with van der Waals surface area (Å²) in [7, 11) is -3.57. The first-order valence-electron chi connectivity index (χ1n) is 9.95. The van der Waals surface area contributed by atoms with Crippen LogP contribution in [0, 0.1) is 10.1 Å². The number of hydrogen-bond donors (Lipinski definition) is 2. The molecule has 0 spiro atoms. The highest BCUT2D eigenvalue weighted by atomic mass is 35.5. The fourth-order valence-corrected chi connectivity index (χ4v) is 4.07. The lowest BCUT2D eigenvalue weighted by Crippen LogP contribution is -2.29. The molecular weight excluding hydrogens is 470 g/mol. The highest BCUT2D eigenvalue weighted by Crippen LogP contribution is 2.27. The van der Waals surface area contributed by atoms with Gasteiger partial charge in [-0.1, -0.05) is 24.6 Å². The Bertz CT molecular complexity index is 1310. The number of carbonyl (C=O) groups is 1. The van der Waals surface area contributed by atoms with Crippen molar-refractivity contribution < 1.29 is 18.1 Å². The zero-order valence-electron chi connectivity index (χ0n) is 17.9. The van der Waals surface area contributed by atoms with E-state index in [1.807, 2.05) is 13.0 Å². The number of nitrogens with zero attached hydrogens (tertiary/aromatic N) is 3. The van der Waals surface area contributed by atoms with Crippen molar-refractivity contribution in [3.05, 3.63) is 75.1 Å². The first-order chi connectivity index (χ1) is 15.6. The standard InChI is InChI=1S/C21H22ClN5O5S/c1-3-19-17(13-25-26(19)15-6-4-5-14(22)11-15)21(28)24-10-9-23-18-8-7-16(33(2,31)32)12-20(18)27(29)30/h4-8,11-13,23H,3,9-10H2,1-2H3,(H,24,28). The van der Waals surface area contributed by atoms with Crippen LogP contribution in [0.15, 0.2) is 53.6 Å². The molecule has 10 nitrogen and oxygen atoms in total. The summed E-state index contributed by atoms with van der Waals surface area (Å²) in [6.45, 7) is 2.28. The van der Waals surface area contributed by atoms with Crippen LogP contribution >= 0.6 is 11.6 Å². The van der Waals surface area contributed by atoms with Crippen LogP contribution in [0.1, 0.15) is 23.0 Å². The summed E-state index contributed by atoms with van der Waals surface area (Å²) >= 11 is 6.06. The maximum absolute atomic E-state index is 12.7. The van der Waals surface area contributed by atoms with Crippen LogP contribution in [-0.2, 0) is 16.3 Å². The van der Waals surface area contributed by atoms with Crippen LogP contribution in [0.25, 0.3) is 5.69 Å². The molecule has 3 aromatic rings. The van der Waals surface area contributed by atoms with Crippen molar-refractivity contribution in [3.8, 4) is 5.69 Å². The van der Waals surface area contributed by atoms with E-state index in [4.69, 9.17) is 11.6 Å². The van der Waals surface area contributed by atoms with Gasteiger partial charge in [-0.15, -0.1) is 0 Å². The van der Waals surface area contributed by atoms with Crippen LogP contribution in [0.4, 0.5) is 11.4 Å². The summed E-state index contributed by atoms with van der Waals surface area (Å²) in [6, 6.07) is 10.8. The van der Waals surface area contributed by atoms with E-state index >= 15 is 0 Å². The molecule has 1 amide bonds. The Morgan fingerprint density at radius 2 is 1.97 bits per heavy atom. The predicted octanol–water partition coefficient (Wildman–Crippen LogP) is 3.24. The largest absolute Gasteiger partial charge is 0.378 e. The minimum atomic E-state index is -3.57. The first-order valence-corrected chi connectivity index (χ1v) is 12.2. The predicted molar refractivity (Wildman–Crippen MR) is 125 cm³/mol. The Labute approximate surface area is 195 Å². The number of hydrogen-bond acceptors (Lipinski definition) is 7. The van der Waals surface area contributed by atoms with Gasteiger partial charge in [0.1, 0.15) is 5.69 Å². The number of carbonyl (C=O) groups excluding carboxylic acids is 1. The highest BCUT2D eigenvalue weighted by Gasteiger charge is 2.19. The van der Waals surface area contributed by atoms with Gasteiger partial charge in [0.25, 0.3) is 11.6 Å². The third-order valence-corrected chi connectivity index (χ3v) is 6.17. The lowest BCUT2D eigenvalue weighted by molar-refractivity contribution is -0.384. The van der Waals surface area contributed by atoms with E-state index in [0.29, 0.717) is 17.0 Å². The van der Waals surface area contributed by atoms with Crippen molar-refractivity contribution in [2.75, 3.05) is 24.7 Å². The number of rotatable bonds is 9. The Kier molecular flexibility index (Phi) is 7.34. The Morgan fingerprint density at radius 3 is 2.61 bits per heavy atom. The summed E-state index contributed by atoms with van der Waals surface area (Å²) in [6.07, 6.45) is 3.03. The topological polar surface area (TPSA) is 136 Å². The summed E-state index contributed by atoms with van der Waals surface area (Å²) in [4.78, 5) is 23.2. The summed E-state index contributed by atoms with van der Waals surface area (Å²) in [5.41, 5.74) is 1.67. The van der Waals surface area contributed by atoms with Crippen LogP contribution in [0.3, 0.4) is 0 Å². The van der Waals surface area contributed by atoms with Crippen molar-refractivity contribution in [1.82, 2.24) is 15.1 Å². The molecule has 0 saturated carbocycles. The summed E-state index contributed by atoms with van der Waals surface area (Å²) in [5, 5.41) is 21.8. The molecule has 0 fully saturated rings. The van der Waals surface area contributed by atoms with Crippen LogP contribution in [0.5, 0.6) is 0 Å². The number of nitro groups is 1. The maximum atomic E-state index is 12.7. The molecule has 33 heavy (non-hydrogen) atoms. The third kappa shape index (κ3) is 5.68. The van der Waals surface area contributed by atoms with E-state index in [1.165, 1.54) is 18.3 Å². The van der Waals surface area contributed by atoms with Gasteiger partial charge >= 0.3 is 0 Å². The van der Waals surface area contributed by atoms with E-state index in [0.717, 1.165) is 23.7 Å². The smallest absolute Gasteiger partial charge is 0.293 e. The van der Waals surface area contributed by atoms with E-state index < -0.39 is 14.8 Å². The fraction of sp³-hybridized carbons (Fsp3) is 0.238. The Hall–Kier alpha value is -3.44. The zero-order valence-corrected chi connectivity index (χ0v) is 19.5. The number of anilines is 1. The molecule has 0 bridgehead atoms. The molecule has 12 heteroatoms. The molecule has 174 valence electrons. The van der Waals surface area contributed by atoms with Gasteiger partial charge in [-0.2, -0.15) is 5.10 Å². The van der Waals surface area contributed by atoms with E-state index in [1.54, 1.807) is 22.9 Å². The second-order valence-corrected chi connectivity index (χ2v) is 9.59. The normalized spacial score (nSPS) is 11.2. The SMILES string of the molecule is CCc1c(C(=O)NCCNc2ccc(S(C)(=O)=O)cc2[N+](=O)[O-])cnn1-c1cccc(Cl)c1. The highest BCUT2D eigenvalue weighted by molar-refractivity contribution is 7.90.